The van der Waals surface area contributed by atoms with Crippen molar-refractivity contribution in [1.82, 2.24) is 0 Å². The van der Waals surface area contributed by atoms with Crippen LogP contribution in [0.5, 0.6) is 0 Å². The molecule has 18 heavy (non-hydrogen) atoms. The van der Waals surface area contributed by atoms with Gasteiger partial charge in [0.2, 0.25) is 0 Å². The highest BCUT2D eigenvalue weighted by molar-refractivity contribution is 6.71. The molecule has 0 bridgehead atoms. The fourth-order valence-corrected chi connectivity index (χ4v) is 8.71. The Morgan fingerprint density at radius 3 is 1.67 bits per heavy atom. The van der Waals surface area contributed by atoms with Crippen LogP contribution < -0.4 is 0 Å². The quantitative estimate of drug-likeness (QED) is 0.610. The second kappa shape index (κ2) is 9.88. The van der Waals surface area contributed by atoms with Crippen molar-refractivity contribution in [3.63, 3.8) is 0 Å². The summed E-state index contributed by atoms with van der Waals surface area (Å²) in [7, 11) is -3.70. The molecule has 0 radical (unpaired) electrons. The predicted molar refractivity (Wildman–Crippen MR) is 86.0 cm³/mol. The highest BCUT2D eigenvalue weighted by atomic mass is 28.4. The van der Waals surface area contributed by atoms with Crippen molar-refractivity contribution in [2.45, 2.75) is 47.6 Å². The standard InChI is InChI=1S/C12H28O3Si3/c1-7-13-18(8-2,14-16-9-11(3)4)15-17-10-12(5)6/h9-10H,7-8,16-17H2,1-6H3. The third kappa shape index (κ3) is 8.17. The lowest BCUT2D eigenvalue weighted by Gasteiger charge is -2.28. The summed E-state index contributed by atoms with van der Waals surface area (Å²) in [5.41, 5.74) is 7.06. The highest BCUT2D eigenvalue weighted by Crippen LogP contribution is 2.14. The van der Waals surface area contributed by atoms with E-state index in [9.17, 15) is 0 Å². The second-order valence-electron chi connectivity index (χ2n) is 4.65. The Hall–Kier alpha value is 0.0106. The van der Waals surface area contributed by atoms with Crippen LogP contribution in [0.3, 0.4) is 0 Å². The topological polar surface area (TPSA) is 27.7 Å². The first-order valence-electron chi connectivity index (χ1n) is 6.64. The Balaban J connectivity index is 4.49. The Bertz CT molecular complexity index is 260. The fraction of sp³-hybridized carbons (Fsp3) is 0.667. The summed E-state index contributed by atoms with van der Waals surface area (Å²) >= 11 is 0. The van der Waals surface area contributed by atoms with Crippen LogP contribution >= 0.6 is 0 Å². The molecule has 0 saturated carbocycles. The molecule has 0 aromatic rings. The summed E-state index contributed by atoms with van der Waals surface area (Å²) in [5.74, 6) is 0. The van der Waals surface area contributed by atoms with Gasteiger partial charge < -0.3 is 12.7 Å². The van der Waals surface area contributed by atoms with Crippen molar-refractivity contribution in [2.24, 2.45) is 0 Å². The number of hydrogen-bond donors (Lipinski definition) is 0. The minimum Gasteiger partial charge on any atom is -0.418 e. The van der Waals surface area contributed by atoms with Gasteiger partial charge in [0, 0.05) is 12.7 Å². The van der Waals surface area contributed by atoms with Crippen molar-refractivity contribution >= 4 is 28.3 Å². The van der Waals surface area contributed by atoms with Crippen LogP contribution in [0.2, 0.25) is 6.04 Å². The van der Waals surface area contributed by atoms with Crippen molar-refractivity contribution in [2.75, 3.05) is 6.61 Å². The Kier molecular flexibility index (Phi) is 9.88. The molecule has 0 aliphatic rings. The summed E-state index contributed by atoms with van der Waals surface area (Å²) < 4.78 is 18.0. The molecule has 0 fully saturated rings. The van der Waals surface area contributed by atoms with E-state index < -0.39 is 28.3 Å². The van der Waals surface area contributed by atoms with E-state index in [0.29, 0.717) is 6.61 Å². The maximum atomic E-state index is 6.07. The molecule has 0 aliphatic carbocycles. The molecule has 0 aliphatic heterocycles. The van der Waals surface area contributed by atoms with Gasteiger partial charge in [-0.25, -0.2) is 0 Å². The van der Waals surface area contributed by atoms with E-state index in [1.54, 1.807) is 0 Å². The third-order valence-corrected chi connectivity index (χ3v) is 10.8. The summed E-state index contributed by atoms with van der Waals surface area (Å²) in [6, 6.07) is 0.869. The Labute approximate surface area is 118 Å². The molecule has 0 atom stereocenters. The monoisotopic (exact) mass is 304 g/mol. The van der Waals surface area contributed by atoms with E-state index in [2.05, 4.69) is 46.0 Å². The van der Waals surface area contributed by atoms with Gasteiger partial charge in [-0.05, 0) is 34.6 Å². The van der Waals surface area contributed by atoms with Gasteiger partial charge in [0.1, 0.15) is 0 Å². The number of hydrogen-bond acceptors (Lipinski definition) is 3. The van der Waals surface area contributed by atoms with Crippen molar-refractivity contribution in [3.8, 4) is 0 Å². The molecule has 0 unspecified atom stereocenters. The third-order valence-electron chi connectivity index (χ3n) is 2.39. The van der Waals surface area contributed by atoms with Gasteiger partial charge in [-0.1, -0.05) is 29.5 Å². The van der Waals surface area contributed by atoms with Crippen LogP contribution in [0, 0.1) is 0 Å². The molecule has 0 aromatic carbocycles. The van der Waals surface area contributed by atoms with E-state index in [1.165, 1.54) is 11.1 Å². The lowest BCUT2D eigenvalue weighted by Crippen LogP contribution is -2.46. The van der Waals surface area contributed by atoms with Crippen molar-refractivity contribution in [3.05, 3.63) is 22.5 Å². The van der Waals surface area contributed by atoms with Crippen LogP contribution in [0.4, 0.5) is 0 Å². The molecule has 0 saturated heterocycles. The minimum absolute atomic E-state index is 0.668. The number of rotatable bonds is 9. The van der Waals surface area contributed by atoms with Gasteiger partial charge in [0.25, 0.3) is 0 Å². The van der Waals surface area contributed by atoms with Gasteiger partial charge in [0.05, 0.1) is 0 Å². The molecule has 0 rings (SSSR count). The zero-order valence-corrected chi connectivity index (χ0v) is 16.5. The lowest BCUT2D eigenvalue weighted by atomic mass is 10.4. The number of allylic oxidation sites excluding steroid dienone is 2. The fourth-order valence-electron chi connectivity index (χ4n) is 1.32. The zero-order valence-electron chi connectivity index (χ0n) is 12.7. The van der Waals surface area contributed by atoms with Crippen LogP contribution in [0.1, 0.15) is 41.5 Å². The zero-order chi connectivity index (χ0) is 14.0. The van der Waals surface area contributed by atoms with E-state index in [4.69, 9.17) is 12.7 Å². The largest absolute Gasteiger partial charge is 0.479 e. The van der Waals surface area contributed by atoms with Gasteiger partial charge in [0.15, 0.2) is 19.5 Å². The average molecular weight is 305 g/mol. The lowest BCUT2D eigenvalue weighted by molar-refractivity contribution is 0.183. The van der Waals surface area contributed by atoms with Crippen LogP contribution in [-0.2, 0) is 12.7 Å². The molecule has 0 amide bonds. The molecule has 3 nitrogen and oxygen atoms in total. The Morgan fingerprint density at radius 2 is 1.39 bits per heavy atom. The first-order valence-corrected chi connectivity index (χ1v) is 11.4. The van der Waals surface area contributed by atoms with Gasteiger partial charge in [-0.3, -0.25) is 0 Å². The van der Waals surface area contributed by atoms with Gasteiger partial charge in [-0.2, -0.15) is 0 Å². The molecular weight excluding hydrogens is 276 g/mol. The average Bonchev–Trinajstić information content (AvgIpc) is 2.28. The molecular formula is C12H28O3Si3. The Morgan fingerprint density at radius 1 is 0.944 bits per heavy atom. The van der Waals surface area contributed by atoms with Gasteiger partial charge in [-0.15, -0.1) is 0 Å². The smallest absolute Gasteiger partial charge is 0.418 e. The van der Waals surface area contributed by atoms with Crippen molar-refractivity contribution < 1.29 is 12.7 Å². The van der Waals surface area contributed by atoms with E-state index in [-0.39, 0.29) is 0 Å². The van der Waals surface area contributed by atoms with Gasteiger partial charge >= 0.3 is 8.80 Å². The molecule has 0 aromatic heterocycles. The minimum atomic E-state index is -2.37. The summed E-state index contributed by atoms with van der Waals surface area (Å²) in [6.45, 7) is 13.2. The second-order valence-corrected chi connectivity index (χ2v) is 10.8. The van der Waals surface area contributed by atoms with Crippen LogP contribution in [-0.4, -0.2) is 34.9 Å². The van der Waals surface area contributed by atoms with E-state index in [1.807, 2.05) is 6.92 Å². The predicted octanol–water partition coefficient (Wildman–Crippen LogP) is 2.03. The molecule has 6 heteroatoms. The van der Waals surface area contributed by atoms with E-state index >= 15 is 0 Å². The SMILES string of the molecule is CCO[Si](CC)(O[SiH2]C=C(C)C)O[SiH2]C=C(C)C. The first-order chi connectivity index (χ1) is 8.45. The van der Waals surface area contributed by atoms with Crippen LogP contribution in [0.25, 0.3) is 0 Å². The maximum absolute atomic E-state index is 6.07. The normalized spacial score (nSPS) is 15.2. The van der Waals surface area contributed by atoms with E-state index in [0.717, 1.165) is 6.04 Å². The summed E-state index contributed by atoms with van der Waals surface area (Å²) in [4.78, 5) is 0. The highest BCUT2D eigenvalue weighted by Gasteiger charge is 2.37. The summed E-state index contributed by atoms with van der Waals surface area (Å²) in [5, 5.41) is 0. The molecule has 0 N–H and O–H groups in total. The summed E-state index contributed by atoms with van der Waals surface area (Å²) in [6.07, 6.45) is 0. The van der Waals surface area contributed by atoms with Crippen LogP contribution in [0.15, 0.2) is 22.5 Å². The first kappa shape index (κ1) is 18.0. The molecule has 106 valence electrons. The van der Waals surface area contributed by atoms with Crippen molar-refractivity contribution in [1.29, 1.82) is 0 Å². The molecule has 0 heterocycles. The molecule has 0 spiro atoms. The maximum Gasteiger partial charge on any atom is 0.479 e.